The number of alkyl halides is 1. The minimum absolute atomic E-state index is 0.346. The van der Waals surface area contributed by atoms with Gasteiger partial charge in [0.25, 0.3) is 0 Å². The van der Waals surface area contributed by atoms with Gasteiger partial charge in [-0.1, -0.05) is 12.2 Å². The molecule has 13 heavy (non-hydrogen) atoms. The number of halogens is 1. The summed E-state index contributed by atoms with van der Waals surface area (Å²) >= 11 is 5.55. The van der Waals surface area contributed by atoms with Crippen molar-refractivity contribution in [2.45, 2.75) is 26.0 Å². The molecule has 0 bridgehead atoms. The van der Waals surface area contributed by atoms with Gasteiger partial charge >= 0.3 is 0 Å². The normalized spacial score (nSPS) is 31.3. The van der Waals surface area contributed by atoms with Crippen LogP contribution in [0.1, 0.15) is 13.8 Å². The van der Waals surface area contributed by atoms with Gasteiger partial charge in [-0.15, -0.1) is 11.6 Å². The summed E-state index contributed by atoms with van der Waals surface area (Å²) in [6.07, 6.45) is 4.47. The summed E-state index contributed by atoms with van der Waals surface area (Å²) in [5.74, 6) is 0.605. The summed E-state index contributed by atoms with van der Waals surface area (Å²) in [6.45, 7) is 7.19. The van der Waals surface area contributed by atoms with Crippen LogP contribution in [0.25, 0.3) is 0 Å². The van der Waals surface area contributed by atoms with Crippen LogP contribution in [0.4, 0.5) is 0 Å². The van der Waals surface area contributed by atoms with Crippen LogP contribution in [0.5, 0.6) is 0 Å². The van der Waals surface area contributed by atoms with Gasteiger partial charge in [-0.2, -0.15) is 0 Å². The van der Waals surface area contributed by atoms with E-state index in [0.29, 0.717) is 18.0 Å². The number of rotatable bonds is 3. The number of nitrogens with zero attached hydrogens (tertiary/aromatic N) is 1. The number of hydrogen-bond acceptors (Lipinski definition) is 2. The van der Waals surface area contributed by atoms with Crippen molar-refractivity contribution in [1.82, 2.24) is 4.90 Å². The van der Waals surface area contributed by atoms with Crippen LogP contribution in [-0.2, 0) is 4.74 Å². The van der Waals surface area contributed by atoms with Gasteiger partial charge in [0.1, 0.15) is 0 Å². The van der Waals surface area contributed by atoms with E-state index in [-0.39, 0.29) is 0 Å². The maximum absolute atomic E-state index is 5.55. The molecule has 1 aliphatic heterocycles. The standard InChI is InChI=1S/C10H18ClNO/c1-9-10(2)13-8-7-12(9)6-4-3-5-11/h3-4,9-10H,5-8H2,1-2H3/b4-3+. The Bertz CT molecular complexity index is 172. The molecule has 2 unspecified atom stereocenters. The third-order valence-electron chi connectivity index (χ3n) is 2.61. The molecule has 0 aromatic heterocycles. The molecule has 76 valence electrons. The van der Waals surface area contributed by atoms with Crippen molar-refractivity contribution in [1.29, 1.82) is 0 Å². The zero-order valence-electron chi connectivity index (χ0n) is 8.37. The van der Waals surface area contributed by atoms with Crippen molar-refractivity contribution in [3.8, 4) is 0 Å². The summed E-state index contributed by atoms with van der Waals surface area (Å²) in [4.78, 5) is 2.41. The van der Waals surface area contributed by atoms with Crippen LogP contribution in [0.3, 0.4) is 0 Å². The van der Waals surface area contributed by atoms with Crippen molar-refractivity contribution in [2.75, 3.05) is 25.6 Å². The Morgan fingerprint density at radius 2 is 2.23 bits per heavy atom. The number of morpholine rings is 1. The molecule has 3 heteroatoms. The minimum atomic E-state index is 0.346. The highest BCUT2D eigenvalue weighted by molar-refractivity contribution is 6.18. The van der Waals surface area contributed by atoms with E-state index in [9.17, 15) is 0 Å². The lowest BCUT2D eigenvalue weighted by atomic mass is 10.1. The van der Waals surface area contributed by atoms with Gasteiger partial charge in [-0.05, 0) is 13.8 Å². The summed E-state index contributed by atoms with van der Waals surface area (Å²) in [5, 5.41) is 0. The second kappa shape index (κ2) is 5.63. The Balaban J connectivity index is 2.35. The third-order valence-corrected chi connectivity index (χ3v) is 2.79. The highest BCUT2D eigenvalue weighted by Crippen LogP contribution is 2.12. The maximum atomic E-state index is 5.55. The molecule has 0 amide bonds. The zero-order valence-corrected chi connectivity index (χ0v) is 9.13. The molecule has 1 fully saturated rings. The van der Waals surface area contributed by atoms with Crippen LogP contribution in [0.15, 0.2) is 12.2 Å². The Labute approximate surface area is 85.5 Å². The van der Waals surface area contributed by atoms with Crippen molar-refractivity contribution < 1.29 is 4.74 Å². The molecule has 0 aliphatic carbocycles. The first-order chi connectivity index (χ1) is 6.25. The van der Waals surface area contributed by atoms with E-state index < -0.39 is 0 Å². The lowest BCUT2D eigenvalue weighted by Crippen LogP contribution is -2.48. The van der Waals surface area contributed by atoms with Gasteiger partial charge in [0.15, 0.2) is 0 Å². The molecule has 0 aromatic carbocycles. The molecule has 0 radical (unpaired) electrons. The smallest absolute Gasteiger partial charge is 0.0700 e. The van der Waals surface area contributed by atoms with Crippen molar-refractivity contribution >= 4 is 11.6 Å². The first-order valence-corrected chi connectivity index (χ1v) is 5.35. The number of ether oxygens (including phenoxy) is 1. The van der Waals surface area contributed by atoms with Crippen LogP contribution < -0.4 is 0 Å². The lowest BCUT2D eigenvalue weighted by Gasteiger charge is -2.37. The highest BCUT2D eigenvalue weighted by Gasteiger charge is 2.23. The lowest BCUT2D eigenvalue weighted by molar-refractivity contribution is -0.0507. The predicted octanol–water partition coefficient (Wildman–Crippen LogP) is 1.89. The van der Waals surface area contributed by atoms with E-state index in [2.05, 4.69) is 24.8 Å². The van der Waals surface area contributed by atoms with Crippen LogP contribution >= 0.6 is 11.6 Å². The maximum Gasteiger partial charge on any atom is 0.0700 e. The molecule has 1 heterocycles. The SMILES string of the molecule is CC1OCCN(C/C=C/CCl)C1C. The third kappa shape index (κ3) is 3.29. The first kappa shape index (κ1) is 11.0. The summed E-state index contributed by atoms with van der Waals surface area (Å²) in [5.41, 5.74) is 0. The number of hydrogen-bond donors (Lipinski definition) is 0. The second-order valence-corrected chi connectivity index (χ2v) is 3.75. The van der Waals surface area contributed by atoms with E-state index in [0.717, 1.165) is 19.7 Å². The Morgan fingerprint density at radius 1 is 1.46 bits per heavy atom. The molecular weight excluding hydrogens is 186 g/mol. The Morgan fingerprint density at radius 3 is 2.92 bits per heavy atom. The van der Waals surface area contributed by atoms with Gasteiger partial charge in [0, 0.05) is 25.0 Å². The average Bonchev–Trinajstić information content (AvgIpc) is 2.13. The molecule has 0 aromatic rings. The quantitative estimate of drug-likeness (QED) is 0.513. The monoisotopic (exact) mass is 203 g/mol. The summed E-state index contributed by atoms with van der Waals surface area (Å²) in [7, 11) is 0. The molecule has 1 saturated heterocycles. The van der Waals surface area contributed by atoms with Crippen LogP contribution in [0.2, 0.25) is 0 Å². The van der Waals surface area contributed by atoms with Crippen molar-refractivity contribution in [3.05, 3.63) is 12.2 Å². The fourth-order valence-corrected chi connectivity index (χ4v) is 1.65. The fourth-order valence-electron chi connectivity index (χ4n) is 1.53. The molecule has 0 saturated carbocycles. The second-order valence-electron chi connectivity index (χ2n) is 3.44. The Hall–Kier alpha value is -0.0500. The summed E-state index contributed by atoms with van der Waals surface area (Å²) < 4.78 is 5.53. The van der Waals surface area contributed by atoms with Gasteiger partial charge in [-0.3, -0.25) is 4.90 Å². The van der Waals surface area contributed by atoms with E-state index in [1.807, 2.05) is 6.08 Å². The van der Waals surface area contributed by atoms with Crippen LogP contribution in [-0.4, -0.2) is 42.6 Å². The highest BCUT2D eigenvalue weighted by atomic mass is 35.5. The molecule has 2 atom stereocenters. The molecular formula is C10H18ClNO. The first-order valence-electron chi connectivity index (χ1n) is 4.82. The van der Waals surface area contributed by atoms with Gasteiger partial charge in [0.2, 0.25) is 0 Å². The Kier molecular flexibility index (Phi) is 4.78. The van der Waals surface area contributed by atoms with E-state index in [1.54, 1.807) is 0 Å². The molecule has 0 N–H and O–H groups in total. The van der Waals surface area contributed by atoms with Gasteiger partial charge in [-0.25, -0.2) is 0 Å². The van der Waals surface area contributed by atoms with E-state index in [1.165, 1.54) is 0 Å². The predicted molar refractivity (Wildman–Crippen MR) is 56.3 cm³/mol. The topological polar surface area (TPSA) is 12.5 Å². The van der Waals surface area contributed by atoms with Crippen molar-refractivity contribution in [2.24, 2.45) is 0 Å². The van der Waals surface area contributed by atoms with E-state index in [4.69, 9.17) is 16.3 Å². The number of allylic oxidation sites excluding steroid dienone is 1. The molecule has 0 spiro atoms. The average molecular weight is 204 g/mol. The fraction of sp³-hybridized carbons (Fsp3) is 0.800. The van der Waals surface area contributed by atoms with Crippen molar-refractivity contribution in [3.63, 3.8) is 0 Å². The molecule has 1 aliphatic rings. The van der Waals surface area contributed by atoms with Crippen LogP contribution in [0, 0.1) is 0 Å². The van der Waals surface area contributed by atoms with Gasteiger partial charge < -0.3 is 4.74 Å². The van der Waals surface area contributed by atoms with Gasteiger partial charge in [0.05, 0.1) is 12.7 Å². The molecule has 2 nitrogen and oxygen atoms in total. The molecule has 1 rings (SSSR count). The largest absolute Gasteiger partial charge is 0.376 e. The summed E-state index contributed by atoms with van der Waals surface area (Å²) in [6, 6.07) is 0.508. The van der Waals surface area contributed by atoms with E-state index >= 15 is 0 Å². The zero-order chi connectivity index (χ0) is 9.68. The minimum Gasteiger partial charge on any atom is -0.376 e.